The van der Waals surface area contributed by atoms with E-state index < -0.39 is 17.9 Å². The third-order valence-electron chi connectivity index (χ3n) is 3.10. The summed E-state index contributed by atoms with van der Waals surface area (Å²) in [6.07, 6.45) is 12.1. The lowest BCUT2D eigenvalue weighted by Gasteiger charge is -2.15. The van der Waals surface area contributed by atoms with Crippen LogP contribution in [0.25, 0.3) is 0 Å². The van der Waals surface area contributed by atoms with Gasteiger partial charge in [-0.3, -0.25) is 4.79 Å². The van der Waals surface area contributed by atoms with Crippen molar-refractivity contribution in [2.24, 2.45) is 5.92 Å². The fourth-order valence-electron chi connectivity index (χ4n) is 1.81. The van der Waals surface area contributed by atoms with Crippen molar-refractivity contribution in [1.82, 2.24) is 0 Å². The number of hydrogen-bond donors (Lipinski definition) is 0. The van der Waals surface area contributed by atoms with Gasteiger partial charge in [0.2, 0.25) is 0 Å². The van der Waals surface area contributed by atoms with E-state index in [9.17, 15) is 9.59 Å². The van der Waals surface area contributed by atoms with Crippen LogP contribution in [0.4, 0.5) is 0 Å². The summed E-state index contributed by atoms with van der Waals surface area (Å²) < 4.78 is 10.4. The Balaban J connectivity index is 2.69. The van der Waals surface area contributed by atoms with Crippen LogP contribution in [0.15, 0.2) is 36.0 Å². The number of allylic oxidation sites excluding steroid dienone is 4. The zero-order valence-electron chi connectivity index (χ0n) is 12.8. The molecule has 0 spiro atoms. The zero-order chi connectivity index (χ0) is 15.5. The second-order valence-corrected chi connectivity index (χ2v) is 4.88. The van der Waals surface area contributed by atoms with E-state index in [0.717, 1.165) is 25.7 Å². The van der Waals surface area contributed by atoms with Gasteiger partial charge >= 0.3 is 11.9 Å². The summed E-state index contributed by atoms with van der Waals surface area (Å²) in [5.74, 6) is -1.54. The minimum Gasteiger partial charge on any atom is -0.465 e. The maximum Gasteiger partial charge on any atom is 0.335 e. The number of rotatable bonds is 8. The van der Waals surface area contributed by atoms with E-state index in [0.29, 0.717) is 18.8 Å². The first kappa shape index (κ1) is 17.2. The lowest BCUT2D eigenvalue weighted by molar-refractivity contribution is -0.149. The summed E-state index contributed by atoms with van der Waals surface area (Å²) in [6, 6.07) is 0. The van der Waals surface area contributed by atoms with Crippen molar-refractivity contribution in [2.75, 3.05) is 13.2 Å². The van der Waals surface area contributed by atoms with Gasteiger partial charge in [0.25, 0.3) is 0 Å². The molecule has 0 aliphatic heterocycles. The predicted octanol–water partition coefficient (Wildman–Crippen LogP) is 3.34. The predicted molar refractivity (Wildman–Crippen MR) is 81.6 cm³/mol. The van der Waals surface area contributed by atoms with Crippen LogP contribution >= 0.6 is 0 Å². The number of unbranched alkanes of at least 4 members (excludes halogenated alkanes) is 2. The molecule has 116 valence electrons. The number of esters is 2. The monoisotopic (exact) mass is 292 g/mol. The van der Waals surface area contributed by atoms with Gasteiger partial charge in [0.05, 0.1) is 18.8 Å². The first-order valence-electron chi connectivity index (χ1n) is 7.59. The van der Waals surface area contributed by atoms with Crippen molar-refractivity contribution in [3.63, 3.8) is 0 Å². The zero-order valence-corrected chi connectivity index (χ0v) is 12.8. The molecule has 4 nitrogen and oxygen atoms in total. The van der Waals surface area contributed by atoms with Gasteiger partial charge in [-0.25, -0.2) is 4.79 Å². The SMILES string of the molecule is CCCCOC(=O)C1=CC=CC=CC1C(=O)OCCCC. The molecule has 0 aromatic rings. The van der Waals surface area contributed by atoms with Gasteiger partial charge in [-0.05, 0) is 12.8 Å². The smallest absolute Gasteiger partial charge is 0.335 e. The summed E-state index contributed by atoms with van der Waals surface area (Å²) in [4.78, 5) is 24.2. The van der Waals surface area contributed by atoms with E-state index in [1.54, 1.807) is 30.4 Å². The fourth-order valence-corrected chi connectivity index (χ4v) is 1.81. The molecule has 1 aliphatic rings. The maximum absolute atomic E-state index is 12.1. The molecule has 4 heteroatoms. The summed E-state index contributed by atoms with van der Waals surface area (Å²) in [5, 5.41) is 0. The van der Waals surface area contributed by atoms with E-state index in [2.05, 4.69) is 0 Å². The van der Waals surface area contributed by atoms with Gasteiger partial charge in [0.1, 0.15) is 5.92 Å². The third kappa shape index (κ3) is 5.98. The van der Waals surface area contributed by atoms with Crippen LogP contribution in [-0.4, -0.2) is 25.2 Å². The van der Waals surface area contributed by atoms with E-state index >= 15 is 0 Å². The molecule has 0 aromatic carbocycles. The molecule has 0 saturated carbocycles. The topological polar surface area (TPSA) is 52.6 Å². The standard InChI is InChI=1S/C17H24O4/c1-3-5-12-20-16(18)14-10-8-7-9-11-15(14)17(19)21-13-6-4-2/h7-11,14H,3-6,12-13H2,1-2H3. The van der Waals surface area contributed by atoms with Gasteiger partial charge in [0.15, 0.2) is 0 Å². The van der Waals surface area contributed by atoms with Gasteiger partial charge in [-0.2, -0.15) is 0 Å². The molecule has 0 radical (unpaired) electrons. The highest BCUT2D eigenvalue weighted by molar-refractivity contribution is 5.97. The molecule has 0 bridgehead atoms. The van der Waals surface area contributed by atoms with Crippen molar-refractivity contribution in [1.29, 1.82) is 0 Å². The molecule has 1 unspecified atom stereocenters. The van der Waals surface area contributed by atoms with Crippen molar-refractivity contribution in [3.05, 3.63) is 36.0 Å². The maximum atomic E-state index is 12.1. The Labute approximate surface area is 126 Å². The molecule has 21 heavy (non-hydrogen) atoms. The van der Waals surface area contributed by atoms with Crippen LogP contribution in [0.2, 0.25) is 0 Å². The highest BCUT2D eigenvalue weighted by atomic mass is 16.5. The Morgan fingerprint density at radius 2 is 1.67 bits per heavy atom. The molecule has 0 fully saturated rings. The fraction of sp³-hybridized carbons (Fsp3) is 0.529. The Hall–Kier alpha value is -1.84. The number of ether oxygens (including phenoxy) is 2. The Bertz CT molecular complexity index is 432. The van der Waals surface area contributed by atoms with Crippen molar-refractivity contribution in [3.8, 4) is 0 Å². The molecule has 1 atom stereocenters. The van der Waals surface area contributed by atoms with E-state index in [4.69, 9.17) is 9.47 Å². The van der Waals surface area contributed by atoms with E-state index in [-0.39, 0.29) is 0 Å². The number of hydrogen-bond acceptors (Lipinski definition) is 4. The van der Waals surface area contributed by atoms with E-state index in [1.165, 1.54) is 0 Å². The minimum atomic E-state index is -0.689. The minimum absolute atomic E-state index is 0.331. The normalized spacial score (nSPS) is 17.0. The molecule has 1 rings (SSSR count). The van der Waals surface area contributed by atoms with Crippen LogP contribution in [0, 0.1) is 5.92 Å². The first-order chi connectivity index (χ1) is 10.2. The molecule has 0 heterocycles. The lowest BCUT2D eigenvalue weighted by atomic mass is 9.99. The van der Waals surface area contributed by atoms with Gasteiger partial charge in [-0.15, -0.1) is 0 Å². The molecular formula is C17H24O4. The first-order valence-corrected chi connectivity index (χ1v) is 7.59. The van der Waals surface area contributed by atoms with Gasteiger partial charge in [0, 0.05) is 0 Å². The van der Waals surface area contributed by atoms with Crippen molar-refractivity contribution in [2.45, 2.75) is 39.5 Å². The summed E-state index contributed by atoms with van der Waals surface area (Å²) >= 11 is 0. The number of carbonyl (C=O) groups excluding carboxylic acids is 2. The second kappa shape index (κ2) is 9.97. The Morgan fingerprint density at radius 3 is 2.33 bits per heavy atom. The van der Waals surface area contributed by atoms with Crippen LogP contribution in [-0.2, 0) is 19.1 Å². The quantitative estimate of drug-likeness (QED) is 0.508. The molecule has 0 aromatic heterocycles. The Kier molecular flexibility index (Phi) is 8.17. The van der Waals surface area contributed by atoms with E-state index in [1.807, 2.05) is 13.8 Å². The van der Waals surface area contributed by atoms with Crippen LogP contribution in [0.3, 0.4) is 0 Å². The summed E-state index contributed by atoms with van der Waals surface area (Å²) in [6.45, 7) is 4.81. The average Bonchev–Trinajstić information content (AvgIpc) is 2.73. The third-order valence-corrected chi connectivity index (χ3v) is 3.10. The molecule has 1 aliphatic carbocycles. The van der Waals surface area contributed by atoms with Gasteiger partial charge in [-0.1, -0.05) is 57.1 Å². The van der Waals surface area contributed by atoms with Crippen LogP contribution in [0.5, 0.6) is 0 Å². The largest absolute Gasteiger partial charge is 0.465 e. The molecule has 0 amide bonds. The average molecular weight is 292 g/mol. The molecular weight excluding hydrogens is 268 g/mol. The van der Waals surface area contributed by atoms with Crippen molar-refractivity contribution >= 4 is 11.9 Å². The van der Waals surface area contributed by atoms with Crippen LogP contribution < -0.4 is 0 Å². The second-order valence-electron chi connectivity index (χ2n) is 4.88. The highest BCUT2D eigenvalue weighted by Gasteiger charge is 2.28. The number of carbonyl (C=O) groups is 2. The summed E-state index contributed by atoms with van der Waals surface area (Å²) in [7, 11) is 0. The highest BCUT2D eigenvalue weighted by Crippen LogP contribution is 2.20. The van der Waals surface area contributed by atoms with Crippen LogP contribution in [0.1, 0.15) is 39.5 Å². The lowest BCUT2D eigenvalue weighted by Crippen LogP contribution is -2.24. The summed E-state index contributed by atoms with van der Waals surface area (Å²) in [5.41, 5.74) is 0.331. The molecule has 0 N–H and O–H groups in total. The van der Waals surface area contributed by atoms with Gasteiger partial charge < -0.3 is 9.47 Å². The van der Waals surface area contributed by atoms with Crippen molar-refractivity contribution < 1.29 is 19.1 Å². The molecule has 0 saturated heterocycles. The Morgan fingerprint density at radius 1 is 1.00 bits per heavy atom.